The minimum Gasteiger partial charge on any atom is -0.444 e. The Kier molecular flexibility index (Phi) is 4.97. The molecule has 154 valence electrons. The van der Waals surface area contributed by atoms with Crippen molar-refractivity contribution in [2.24, 2.45) is 0 Å². The summed E-state index contributed by atoms with van der Waals surface area (Å²) in [5.41, 5.74) is 1.45. The van der Waals surface area contributed by atoms with Crippen LogP contribution in [0.5, 0.6) is 0 Å². The first-order valence-corrected chi connectivity index (χ1v) is 11.0. The Morgan fingerprint density at radius 2 is 2.07 bits per heavy atom. The highest BCUT2D eigenvalue weighted by Crippen LogP contribution is 2.47. The number of nitrogens with zero attached hydrogens (tertiary/aromatic N) is 1. The molecule has 2 atom stereocenters. The normalized spacial score (nSPS) is 22.7. The van der Waals surface area contributed by atoms with Crippen molar-refractivity contribution < 1.29 is 23.1 Å². The number of nitrogens with one attached hydrogen (secondary N) is 2. The largest absolute Gasteiger partial charge is 0.444 e. The first-order valence-electron chi connectivity index (χ1n) is 9.33. The van der Waals surface area contributed by atoms with Crippen molar-refractivity contribution in [2.75, 3.05) is 18.9 Å². The molecule has 1 saturated heterocycles. The zero-order valence-electron chi connectivity index (χ0n) is 16.0. The van der Waals surface area contributed by atoms with Crippen LogP contribution in [0.1, 0.15) is 23.1 Å². The number of likely N-dealkylation sites (tertiary alicyclic amines) is 1. The number of hydrogen-bond acceptors (Lipinski definition) is 6. The van der Waals surface area contributed by atoms with Crippen molar-refractivity contribution >= 4 is 21.8 Å². The molecule has 29 heavy (non-hydrogen) atoms. The summed E-state index contributed by atoms with van der Waals surface area (Å²) < 4.78 is 31.4. The molecule has 0 spiro atoms. The standard InChI is InChI=1S/C20H23N3O5S/c1-21-29(26,27)13-15-7-8-17-16(11-15)20(25)9-10-23(18(20)22-17)19(24)28-12-14-5-3-2-4-6-14/h2-8,11,18,21-22,25H,9-10,12-13H2,1H3/i10+2. The number of aliphatic hydroxyl groups is 1. The van der Waals surface area contributed by atoms with Crippen LogP contribution in [0.3, 0.4) is 0 Å². The van der Waals surface area contributed by atoms with Crippen LogP contribution in [-0.2, 0) is 32.7 Å². The lowest BCUT2D eigenvalue weighted by molar-refractivity contribution is 0.0155. The maximum Gasteiger partial charge on any atom is 0.411 e. The molecule has 1 fully saturated rings. The van der Waals surface area contributed by atoms with Gasteiger partial charge in [0, 0.05) is 24.2 Å². The van der Waals surface area contributed by atoms with Crippen LogP contribution in [-0.4, -0.2) is 44.3 Å². The van der Waals surface area contributed by atoms with Gasteiger partial charge in [0.2, 0.25) is 10.0 Å². The van der Waals surface area contributed by atoms with E-state index in [0.29, 0.717) is 29.8 Å². The third-order valence-corrected chi connectivity index (χ3v) is 6.78. The molecule has 9 heteroatoms. The molecule has 2 aliphatic rings. The SMILES string of the molecule is CNS(=O)(=O)Cc1ccc2c(c1)C1(O)C[14CH2]N(C(=O)OCc3ccccc3)C1N2. The molecular weight excluding hydrogens is 396 g/mol. The van der Waals surface area contributed by atoms with Gasteiger partial charge in [0.05, 0.1) is 5.75 Å². The fourth-order valence-electron chi connectivity index (χ4n) is 3.90. The second-order valence-corrected chi connectivity index (χ2v) is 9.22. The first kappa shape index (κ1) is 19.7. The van der Waals surface area contributed by atoms with E-state index in [4.69, 9.17) is 4.74 Å². The van der Waals surface area contributed by atoms with Crippen LogP contribution in [0.25, 0.3) is 0 Å². The summed E-state index contributed by atoms with van der Waals surface area (Å²) in [6.45, 7) is 0.487. The molecular formula is C20H23N3O5S. The molecule has 0 aromatic heterocycles. The predicted molar refractivity (Wildman–Crippen MR) is 107 cm³/mol. The summed E-state index contributed by atoms with van der Waals surface area (Å²) in [5, 5.41) is 14.5. The van der Waals surface area contributed by atoms with Crippen molar-refractivity contribution in [2.45, 2.75) is 30.5 Å². The quantitative estimate of drug-likeness (QED) is 0.681. The number of benzene rings is 2. The summed E-state index contributed by atoms with van der Waals surface area (Å²) in [5.74, 6) is -0.180. The molecule has 2 unspecified atom stereocenters. The molecule has 2 aromatic carbocycles. The van der Waals surface area contributed by atoms with Gasteiger partial charge < -0.3 is 15.2 Å². The lowest BCUT2D eigenvalue weighted by Gasteiger charge is -2.27. The summed E-state index contributed by atoms with van der Waals surface area (Å²) in [6.07, 6.45) is -0.828. The van der Waals surface area contributed by atoms with Gasteiger partial charge in [-0.1, -0.05) is 36.4 Å². The van der Waals surface area contributed by atoms with E-state index in [1.54, 1.807) is 18.2 Å². The summed E-state index contributed by atoms with van der Waals surface area (Å²) in [7, 11) is -2.06. The van der Waals surface area contributed by atoms with Gasteiger partial charge in [0.25, 0.3) is 0 Å². The number of anilines is 1. The van der Waals surface area contributed by atoms with E-state index in [1.165, 1.54) is 11.9 Å². The van der Waals surface area contributed by atoms with Gasteiger partial charge in [0.15, 0.2) is 0 Å². The number of fused-ring (bicyclic) bond motifs is 3. The average Bonchev–Trinajstić information content (AvgIpc) is 3.18. The molecule has 2 heterocycles. The van der Waals surface area contributed by atoms with Crippen molar-refractivity contribution in [1.82, 2.24) is 9.62 Å². The lowest BCUT2D eigenvalue weighted by atomic mass is 9.93. The minimum atomic E-state index is -3.43. The zero-order chi connectivity index (χ0) is 20.6. The van der Waals surface area contributed by atoms with E-state index >= 15 is 0 Å². The Morgan fingerprint density at radius 3 is 2.79 bits per heavy atom. The van der Waals surface area contributed by atoms with Crippen LogP contribution in [0, 0.1) is 0 Å². The molecule has 0 saturated carbocycles. The third kappa shape index (κ3) is 3.68. The van der Waals surface area contributed by atoms with Gasteiger partial charge in [-0.15, -0.1) is 0 Å². The fourth-order valence-corrected chi connectivity index (χ4v) is 4.66. The minimum absolute atomic E-state index is 0.153. The number of hydrogen-bond donors (Lipinski definition) is 3. The van der Waals surface area contributed by atoms with Crippen LogP contribution >= 0.6 is 0 Å². The van der Waals surface area contributed by atoms with Crippen LogP contribution in [0.2, 0.25) is 0 Å². The summed E-state index contributed by atoms with van der Waals surface area (Å²) in [4.78, 5) is 14.1. The Labute approximate surface area is 169 Å². The van der Waals surface area contributed by atoms with Crippen molar-refractivity contribution in [3.8, 4) is 0 Å². The van der Waals surface area contributed by atoms with Crippen LogP contribution in [0.4, 0.5) is 10.5 Å². The number of carbonyl (C=O) groups is 1. The zero-order valence-corrected chi connectivity index (χ0v) is 16.8. The second-order valence-electron chi connectivity index (χ2n) is 7.30. The predicted octanol–water partition coefficient (Wildman–Crippen LogP) is 1.72. The van der Waals surface area contributed by atoms with Crippen molar-refractivity contribution in [3.05, 3.63) is 65.2 Å². The highest BCUT2D eigenvalue weighted by Gasteiger charge is 2.54. The Morgan fingerprint density at radius 1 is 1.31 bits per heavy atom. The molecule has 2 aliphatic heterocycles. The number of rotatable bonds is 5. The summed E-state index contributed by atoms with van der Waals surface area (Å²) in [6, 6.07) is 14.5. The van der Waals surface area contributed by atoms with E-state index in [-0.39, 0.29) is 12.4 Å². The van der Waals surface area contributed by atoms with Crippen molar-refractivity contribution in [3.63, 3.8) is 0 Å². The molecule has 8 nitrogen and oxygen atoms in total. The van der Waals surface area contributed by atoms with Gasteiger partial charge in [-0.2, -0.15) is 0 Å². The first-order chi connectivity index (χ1) is 13.8. The van der Waals surface area contributed by atoms with Crippen molar-refractivity contribution in [1.29, 1.82) is 0 Å². The highest BCUT2D eigenvalue weighted by molar-refractivity contribution is 7.88. The molecule has 2 aromatic rings. The van der Waals surface area contributed by atoms with Gasteiger partial charge in [-0.3, -0.25) is 4.90 Å². The maximum absolute atomic E-state index is 12.6. The van der Waals surface area contributed by atoms with Crippen LogP contribution < -0.4 is 10.0 Å². The van der Waals surface area contributed by atoms with Gasteiger partial charge in [-0.05, 0) is 30.3 Å². The summed E-state index contributed by atoms with van der Waals surface area (Å²) >= 11 is 0. The Balaban J connectivity index is 1.50. The van der Waals surface area contributed by atoms with Gasteiger partial charge in [-0.25, -0.2) is 17.9 Å². The third-order valence-electron chi connectivity index (χ3n) is 5.45. The fraction of sp³-hybridized carbons (Fsp3) is 0.350. The van der Waals surface area contributed by atoms with E-state index < -0.39 is 27.9 Å². The second kappa shape index (κ2) is 7.33. The lowest BCUT2D eigenvalue weighted by Crippen LogP contribution is -2.46. The molecule has 4 rings (SSSR count). The van der Waals surface area contributed by atoms with E-state index in [1.807, 2.05) is 30.3 Å². The average molecular weight is 419 g/mol. The van der Waals surface area contributed by atoms with E-state index in [2.05, 4.69) is 10.0 Å². The Hall–Kier alpha value is -2.62. The number of amides is 1. The maximum atomic E-state index is 12.6. The molecule has 0 aliphatic carbocycles. The monoisotopic (exact) mass is 419 g/mol. The van der Waals surface area contributed by atoms with Crippen LogP contribution in [0.15, 0.2) is 48.5 Å². The highest BCUT2D eigenvalue weighted by atomic mass is 32.2. The Bertz CT molecular complexity index is 1030. The molecule has 0 bridgehead atoms. The smallest absolute Gasteiger partial charge is 0.411 e. The topological polar surface area (TPSA) is 108 Å². The van der Waals surface area contributed by atoms with Gasteiger partial charge >= 0.3 is 6.09 Å². The molecule has 3 N–H and O–H groups in total. The van der Waals surface area contributed by atoms with Gasteiger partial charge in [0.1, 0.15) is 18.4 Å². The number of ether oxygens (including phenoxy) is 1. The molecule has 1 amide bonds. The van der Waals surface area contributed by atoms with E-state index in [9.17, 15) is 18.3 Å². The molecule has 0 radical (unpaired) electrons. The van der Waals surface area contributed by atoms with E-state index in [0.717, 1.165) is 5.56 Å². The number of carbonyl (C=O) groups excluding carboxylic acids is 1. The number of sulfonamides is 1.